The fraction of sp³-hybridized carbons (Fsp3) is 0. The van der Waals surface area contributed by atoms with Gasteiger partial charge in [0.25, 0.3) is 11.8 Å². The standard InChI is InChI=1S/C39H23N3O2/c40-24-27-13-4-5-14-28(27)26-21-22-35-32(23-26)30-16-7-9-19-34(30)41(35)36-20-10-17-31-37(36)39(44)42(38(31)43)33-18-8-6-15-29(33)25-11-2-1-3-12-25/h1-23H. The number of aromatic nitrogens is 1. The molecule has 0 saturated heterocycles. The van der Waals surface area contributed by atoms with Gasteiger partial charge in [-0.2, -0.15) is 5.26 Å². The number of hydrogen-bond donors (Lipinski definition) is 0. The quantitative estimate of drug-likeness (QED) is 0.200. The largest absolute Gasteiger partial charge is 0.308 e. The summed E-state index contributed by atoms with van der Waals surface area (Å²) in [5, 5.41) is 11.7. The summed E-state index contributed by atoms with van der Waals surface area (Å²) in [6, 6.07) is 46.8. The van der Waals surface area contributed by atoms with Gasteiger partial charge in [0, 0.05) is 16.3 Å². The molecule has 0 radical (unpaired) electrons. The number of carbonyl (C=O) groups is 2. The minimum Gasteiger partial charge on any atom is -0.308 e. The molecule has 8 rings (SSSR count). The first-order chi connectivity index (χ1) is 21.7. The molecule has 1 aromatic heterocycles. The lowest BCUT2D eigenvalue weighted by atomic mass is 9.98. The molecule has 2 heterocycles. The first kappa shape index (κ1) is 25.5. The van der Waals surface area contributed by atoms with Gasteiger partial charge in [-0.05, 0) is 59.2 Å². The van der Waals surface area contributed by atoms with Crippen LogP contribution in [0, 0.1) is 11.3 Å². The third-order valence-corrected chi connectivity index (χ3v) is 8.39. The van der Waals surface area contributed by atoms with Crippen LogP contribution in [0.5, 0.6) is 0 Å². The summed E-state index contributed by atoms with van der Waals surface area (Å²) in [5.41, 5.74) is 7.93. The van der Waals surface area contributed by atoms with Crippen LogP contribution >= 0.6 is 0 Å². The Morgan fingerprint density at radius 2 is 1.16 bits per heavy atom. The molecule has 206 valence electrons. The molecule has 1 aliphatic heterocycles. The van der Waals surface area contributed by atoms with Gasteiger partial charge in [-0.25, -0.2) is 4.90 Å². The number of rotatable bonds is 4. The van der Waals surface area contributed by atoms with Gasteiger partial charge < -0.3 is 4.57 Å². The second kappa shape index (κ2) is 9.94. The molecule has 5 heteroatoms. The molecule has 0 aliphatic carbocycles. The molecule has 0 N–H and O–H groups in total. The van der Waals surface area contributed by atoms with Gasteiger partial charge in [0.2, 0.25) is 0 Å². The lowest BCUT2D eigenvalue weighted by Gasteiger charge is -2.18. The molecule has 0 unspecified atom stereocenters. The van der Waals surface area contributed by atoms with E-state index in [4.69, 9.17) is 0 Å². The highest BCUT2D eigenvalue weighted by molar-refractivity contribution is 6.36. The number of fused-ring (bicyclic) bond motifs is 4. The zero-order valence-electron chi connectivity index (χ0n) is 23.4. The maximum Gasteiger partial charge on any atom is 0.268 e. The number of amides is 2. The van der Waals surface area contributed by atoms with Crippen LogP contribution in [0.4, 0.5) is 5.69 Å². The van der Waals surface area contributed by atoms with Gasteiger partial charge in [0.1, 0.15) is 0 Å². The minimum absolute atomic E-state index is 0.341. The SMILES string of the molecule is N#Cc1ccccc1-c1ccc2c(c1)c1ccccc1n2-c1cccc2c1C(=O)N(c1ccccc1-c1ccccc1)C2=O. The van der Waals surface area contributed by atoms with Crippen molar-refractivity contribution >= 4 is 39.3 Å². The van der Waals surface area contributed by atoms with E-state index in [9.17, 15) is 14.9 Å². The van der Waals surface area contributed by atoms with E-state index in [1.54, 1.807) is 6.07 Å². The van der Waals surface area contributed by atoms with Gasteiger partial charge >= 0.3 is 0 Å². The maximum absolute atomic E-state index is 14.4. The molecular formula is C39H23N3O2. The summed E-state index contributed by atoms with van der Waals surface area (Å²) >= 11 is 0. The fourth-order valence-corrected chi connectivity index (χ4v) is 6.44. The molecule has 0 saturated carbocycles. The van der Waals surface area contributed by atoms with Crippen LogP contribution in [0.15, 0.2) is 140 Å². The molecule has 2 amide bonds. The molecule has 44 heavy (non-hydrogen) atoms. The molecule has 0 atom stereocenters. The molecule has 0 spiro atoms. The van der Waals surface area contributed by atoms with E-state index in [2.05, 4.69) is 22.8 Å². The zero-order valence-corrected chi connectivity index (χ0v) is 23.4. The van der Waals surface area contributed by atoms with Crippen LogP contribution in [0.25, 0.3) is 49.7 Å². The summed E-state index contributed by atoms with van der Waals surface area (Å²) < 4.78 is 2.07. The number of carbonyl (C=O) groups excluding carboxylic acids is 2. The Morgan fingerprint density at radius 3 is 2.00 bits per heavy atom. The van der Waals surface area contributed by atoms with Crippen molar-refractivity contribution in [2.24, 2.45) is 0 Å². The Balaban J connectivity index is 1.33. The minimum atomic E-state index is -0.352. The zero-order chi connectivity index (χ0) is 29.8. The van der Waals surface area contributed by atoms with Crippen LogP contribution < -0.4 is 4.90 Å². The average molecular weight is 566 g/mol. The van der Waals surface area contributed by atoms with Crippen LogP contribution in [-0.4, -0.2) is 16.4 Å². The van der Waals surface area contributed by atoms with Crippen molar-refractivity contribution in [3.05, 3.63) is 156 Å². The number of hydrogen-bond acceptors (Lipinski definition) is 3. The first-order valence-electron chi connectivity index (χ1n) is 14.3. The van der Waals surface area contributed by atoms with E-state index in [0.29, 0.717) is 28.1 Å². The first-order valence-corrected chi connectivity index (χ1v) is 14.3. The van der Waals surface area contributed by atoms with E-state index in [1.165, 1.54) is 4.90 Å². The average Bonchev–Trinajstić information content (AvgIpc) is 3.55. The number of nitriles is 1. The van der Waals surface area contributed by atoms with E-state index < -0.39 is 0 Å². The van der Waals surface area contributed by atoms with Gasteiger partial charge in [0.05, 0.1) is 45.2 Å². The molecule has 0 bridgehead atoms. The maximum atomic E-state index is 14.4. The Hall–Kier alpha value is -6.25. The summed E-state index contributed by atoms with van der Waals surface area (Å²) in [4.78, 5) is 29.6. The number of nitrogens with zero attached hydrogens (tertiary/aromatic N) is 3. The predicted molar refractivity (Wildman–Crippen MR) is 174 cm³/mol. The molecule has 7 aromatic rings. The number of anilines is 1. The van der Waals surface area contributed by atoms with Crippen LogP contribution in [0.1, 0.15) is 26.3 Å². The monoisotopic (exact) mass is 565 g/mol. The van der Waals surface area contributed by atoms with Crippen molar-refractivity contribution in [3.8, 4) is 34.0 Å². The van der Waals surface area contributed by atoms with Crippen LogP contribution in [0.3, 0.4) is 0 Å². The topological polar surface area (TPSA) is 66.1 Å². The van der Waals surface area contributed by atoms with E-state index in [0.717, 1.165) is 44.1 Å². The number of para-hydroxylation sites is 2. The van der Waals surface area contributed by atoms with Gasteiger partial charge in [0.15, 0.2) is 0 Å². The Labute approximate surface area is 253 Å². The highest BCUT2D eigenvalue weighted by Gasteiger charge is 2.40. The lowest BCUT2D eigenvalue weighted by molar-refractivity contribution is 0.0926. The van der Waals surface area contributed by atoms with Gasteiger partial charge in [-0.15, -0.1) is 0 Å². The number of benzene rings is 6. The molecular weight excluding hydrogens is 542 g/mol. The van der Waals surface area contributed by atoms with Crippen molar-refractivity contribution in [3.63, 3.8) is 0 Å². The second-order valence-corrected chi connectivity index (χ2v) is 10.8. The van der Waals surface area contributed by atoms with Crippen molar-refractivity contribution in [1.29, 1.82) is 5.26 Å². The Kier molecular flexibility index (Phi) is 5.75. The highest BCUT2D eigenvalue weighted by Crippen LogP contribution is 2.41. The van der Waals surface area contributed by atoms with E-state index in [-0.39, 0.29) is 11.8 Å². The Morgan fingerprint density at radius 1 is 0.500 bits per heavy atom. The van der Waals surface area contributed by atoms with Crippen molar-refractivity contribution in [2.75, 3.05) is 4.90 Å². The molecule has 5 nitrogen and oxygen atoms in total. The summed E-state index contributed by atoms with van der Waals surface area (Å²) in [6.07, 6.45) is 0. The number of imide groups is 1. The predicted octanol–water partition coefficient (Wildman–Crippen LogP) is 8.79. The summed E-state index contributed by atoms with van der Waals surface area (Å²) in [6.45, 7) is 0. The van der Waals surface area contributed by atoms with Crippen LogP contribution in [-0.2, 0) is 0 Å². The van der Waals surface area contributed by atoms with Gasteiger partial charge in [-0.3, -0.25) is 9.59 Å². The lowest BCUT2D eigenvalue weighted by Crippen LogP contribution is -2.30. The third kappa shape index (κ3) is 3.72. The van der Waals surface area contributed by atoms with E-state index >= 15 is 0 Å². The smallest absolute Gasteiger partial charge is 0.268 e. The van der Waals surface area contributed by atoms with E-state index in [1.807, 2.05) is 121 Å². The van der Waals surface area contributed by atoms with Crippen molar-refractivity contribution in [1.82, 2.24) is 4.57 Å². The fourth-order valence-electron chi connectivity index (χ4n) is 6.44. The molecule has 1 aliphatic rings. The second-order valence-electron chi connectivity index (χ2n) is 10.8. The normalized spacial score (nSPS) is 12.6. The Bertz CT molecular complexity index is 2340. The van der Waals surface area contributed by atoms with Crippen molar-refractivity contribution < 1.29 is 9.59 Å². The highest BCUT2D eigenvalue weighted by atomic mass is 16.2. The van der Waals surface area contributed by atoms with Crippen LogP contribution in [0.2, 0.25) is 0 Å². The molecule has 6 aromatic carbocycles. The summed E-state index contributed by atoms with van der Waals surface area (Å²) in [7, 11) is 0. The molecule has 0 fully saturated rings. The van der Waals surface area contributed by atoms with Gasteiger partial charge in [-0.1, -0.05) is 97.1 Å². The van der Waals surface area contributed by atoms with Crippen molar-refractivity contribution in [2.45, 2.75) is 0 Å². The summed E-state index contributed by atoms with van der Waals surface area (Å²) in [5.74, 6) is -0.694. The third-order valence-electron chi connectivity index (χ3n) is 8.39.